The molecule has 4 rings (SSSR count). The number of hydrogen-bond acceptors (Lipinski definition) is 2. The first kappa shape index (κ1) is 15.7. The van der Waals surface area contributed by atoms with Crippen molar-refractivity contribution in [3.05, 3.63) is 52.6 Å². The summed E-state index contributed by atoms with van der Waals surface area (Å²) in [6.07, 6.45) is 6.85. The molecule has 0 saturated heterocycles. The van der Waals surface area contributed by atoms with Crippen LogP contribution in [0.4, 0.5) is 0 Å². The number of benzene rings is 1. The molecule has 0 spiro atoms. The van der Waals surface area contributed by atoms with E-state index in [1.54, 1.807) is 0 Å². The smallest absolute Gasteiger partial charge is 0.230 e. The van der Waals surface area contributed by atoms with E-state index in [1.165, 1.54) is 0 Å². The SMILES string of the molecule is Cc1cn2c(n1)CC[C@@H](NC(=O)C1(c3cccc(Cl)c3)CCC1)C2. The number of hydrogen-bond donors (Lipinski definition) is 1. The lowest BCUT2D eigenvalue weighted by Crippen LogP contribution is -2.53. The molecule has 5 heteroatoms. The zero-order chi connectivity index (χ0) is 16.7. The maximum atomic E-state index is 13.1. The van der Waals surface area contributed by atoms with Crippen LogP contribution in [0.5, 0.6) is 0 Å². The van der Waals surface area contributed by atoms with Crippen molar-refractivity contribution in [1.29, 1.82) is 0 Å². The second-order valence-corrected chi connectivity index (χ2v) is 7.54. The molecule has 0 radical (unpaired) electrons. The summed E-state index contributed by atoms with van der Waals surface area (Å²) in [6, 6.07) is 7.95. The quantitative estimate of drug-likeness (QED) is 0.928. The van der Waals surface area contributed by atoms with Gasteiger partial charge in [0.25, 0.3) is 0 Å². The molecule has 2 heterocycles. The second-order valence-electron chi connectivity index (χ2n) is 7.11. The number of nitrogens with one attached hydrogen (secondary N) is 1. The number of nitrogens with zero attached hydrogens (tertiary/aromatic N) is 2. The van der Waals surface area contributed by atoms with Crippen LogP contribution in [-0.4, -0.2) is 21.5 Å². The summed E-state index contributed by atoms with van der Waals surface area (Å²) in [6.45, 7) is 2.83. The van der Waals surface area contributed by atoms with Gasteiger partial charge >= 0.3 is 0 Å². The van der Waals surface area contributed by atoms with Gasteiger partial charge in [0.15, 0.2) is 0 Å². The van der Waals surface area contributed by atoms with E-state index in [0.29, 0.717) is 5.02 Å². The third kappa shape index (κ3) is 2.63. The van der Waals surface area contributed by atoms with E-state index in [-0.39, 0.29) is 11.9 Å². The van der Waals surface area contributed by atoms with Gasteiger partial charge < -0.3 is 9.88 Å². The lowest BCUT2D eigenvalue weighted by molar-refractivity contribution is -0.130. The Morgan fingerprint density at radius 2 is 2.25 bits per heavy atom. The summed E-state index contributed by atoms with van der Waals surface area (Å²) in [5, 5.41) is 4.00. The van der Waals surface area contributed by atoms with Crippen molar-refractivity contribution in [2.24, 2.45) is 0 Å². The normalized spacial score (nSPS) is 21.7. The Balaban J connectivity index is 1.51. The van der Waals surface area contributed by atoms with Crippen LogP contribution in [0.1, 0.15) is 42.8 Å². The minimum atomic E-state index is -0.393. The van der Waals surface area contributed by atoms with Crippen LogP contribution in [0.15, 0.2) is 30.5 Å². The number of carbonyl (C=O) groups is 1. The fourth-order valence-corrected chi connectivity index (χ4v) is 4.18. The third-order valence-corrected chi connectivity index (χ3v) is 5.70. The molecule has 0 bridgehead atoms. The van der Waals surface area contributed by atoms with E-state index >= 15 is 0 Å². The summed E-state index contributed by atoms with van der Waals surface area (Å²) < 4.78 is 2.18. The lowest BCUT2D eigenvalue weighted by atomic mass is 9.63. The highest BCUT2D eigenvalue weighted by molar-refractivity contribution is 6.30. The van der Waals surface area contributed by atoms with Gasteiger partial charge in [-0.2, -0.15) is 0 Å². The first-order chi connectivity index (χ1) is 11.6. The van der Waals surface area contributed by atoms with Gasteiger partial charge in [-0.1, -0.05) is 30.2 Å². The van der Waals surface area contributed by atoms with Gasteiger partial charge in [0.1, 0.15) is 5.82 Å². The summed E-state index contributed by atoms with van der Waals surface area (Å²) >= 11 is 6.15. The van der Waals surface area contributed by atoms with E-state index in [1.807, 2.05) is 31.2 Å². The molecule has 1 fully saturated rings. The monoisotopic (exact) mass is 343 g/mol. The molecule has 1 aliphatic heterocycles. The zero-order valence-electron chi connectivity index (χ0n) is 13.9. The van der Waals surface area contributed by atoms with Crippen molar-refractivity contribution in [1.82, 2.24) is 14.9 Å². The van der Waals surface area contributed by atoms with Gasteiger partial charge in [-0.25, -0.2) is 4.98 Å². The Hall–Kier alpha value is -1.81. The van der Waals surface area contributed by atoms with Gasteiger partial charge in [-0.15, -0.1) is 0 Å². The third-order valence-electron chi connectivity index (χ3n) is 5.47. The van der Waals surface area contributed by atoms with Crippen molar-refractivity contribution in [2.75, 3.05) is 0 Å². The van der Waals surface area contributed by atoms with Crippen molar-refractivity contribution in [2.45, 2.75) is 57.0 Å². The Kier molecular flexibility index (Phi) is 3.87. The van der Waals surface area contributed by atoms with E-state index in [0.717, 1.165) is 55.7 Å². The molecule has 126 valence electrons. The van der Waals surface area contributed by atoms with Gasteiger partial charge in [0.2, 0.25) is 5.91 Å². The van der Waals surface area contributed by atoms with E-state index in [4.69, 9.17) is 11.6 Å². The molecule has 2 aliphatic rings. The number of amides is 1. The van der Waals surface area contributed by atoms with E-state index in [9.17, 15) is 4.79 Å². The Morgan fingerprint density at radius 1 is 1.42 bits per heavy atom. The van der Waals surface area contributed by atoms with Crippen molar-refractivity contribution >= 4 is 17.5 Å². The average Bonchev–Trinajstić information content (AvgIpc) is 2.85. The number of aryl methyl sites for hydroxylation is 2. The molecular formula is C19H22ClN3O. The summed E-state index contributed by atoms with van der Waals surface area (Å²) in [5.41, 5.74) is 1.70. The zero-order valence-corrected chi connectivity index (χ0v) is 14.6. The molecule has 24 heavy (non-hydrogen) atoms. The number of rotatable bonds is 3. The maximum Gasteiger partial charge on any atom is 0.230 e. The van der Waals surface area contributed by atoms with Gasteiger partial charge in [0, 0.05) is 30.2 Å². The lowest BCUT2D eigenvalue weighted by Gasteiger charge is -2.42. The standard InChI is InChI=1S/C19H22ClN3O/c1-13-11-23-12-16(6-7-17(23)21-13)22-18(24)19(8-3-9-19)14-4-2-5-15(20)10-14/h2,4-5,10-11,16H,3,6-9,12H2,1H3,(H,22,24)/t16-/m1/s1. The molecule has 1 aromatic carbocycles. The van der Waals surface area contributed by atoms with Crippen molar-refractivity contribution in [3.8, 4) is 0 Å². The Labute approximate surface area is 147 Å². The largest absolute Gasteiger partial charge is 0.351 e. The average molecular weight is 344 g/mol. The number of imidazole rings is 1. The van der Waals surface area contributed by atoms with Crippen molar-refractivity contribution < 1.29 is 4.79 Å². The molecule has 4 nitrogen and oxygen atoms in total. The highest BCUT2D eigenvalue weighted by Gasteiger charge is 2.46. The first-order valence-electron chi connectivity index (χ1n) is 8.66. The van der Waals surface area contributed by atoms with Crippen LogP contribution in [0, 0.1) is 6.92 Å². The maximum absolute atomic E-state index is 13.1. The van der Waals surface area contributed by atoms with Crippen LogP contribution in [-0.2, 0) is 23.2 Å². The van der Waals surface area contributed by atoms with Crippen LogP contribution in [0.2, 0.25) is 5.02 Å². The van der Waals surface area contributed by atoms with Gasteiger partial charge in [0.05, 0.1) is 11.1 Å². The highest BCUT2D eigenvalue weighted by Crippen LogP contribution is 2.44. The predicted octanol–water partition coefficient (Wildman–Crippen LogP) is 3.40. The molecule has 1 aromatic heterocycles. The number of halogens is 1. The molecule has 2 aromatic rings. The van der Waals surface area contributed by atoms with Gasteiger partial charge in [-0.3, -0.25) is 4.79 Å². The van der Waals surface area contributed by atoms with Crippen LogP contribution in [0.3, 0.4) is 0 Å². The fraction of sp³-hybridized carbons (Fsp3) is 0.474. The summed E-state index contributed by atoms with van der Waals surface area (Å²) in [7, 11) is 0. The summed E-state index contributed by atoms with van der Waals surface area (Å²) in [4.78, 5) is 17.6. The minimum absolute atomic E-state index is 0.154. The molecule has 1 aliphatic carbocycles. The number of aromatic nitrogens is 2. The first-order valence-corrected chi connectivity index (χ1v) is 9.04. The minimum Gasteiger partial charge on any atom is -0.351 e. The van der Waals surface area contributed by atoms with Crippen LogP contribution in [0.25, 0.3) is 0 Å². The van der Waals surface area contributed by atoms with Crippen LogP contribution >= 0.6 is 11.6 Å². The molecular weight excluding hydrogens is 322 g/mol. The molecule has 1 amide bonds. The van der Waals surface area contributed by atoms with Crippen molar-refractivity contribution in [3.63, 3.8) is 0 Å². The molecule has 0 unspecified atom stereocenters. The van der Waals surface area contributed by atoms with Crippen LogP contribution < -0.4 is 5.32 Å². The predicted molar refractivity (Wildman–Crippen MR) is 94.2 cm³/mol. The molecule has 1 saturated carbocycles. The fourth-order valence-electron chi connectivity index (χ4n) is 3.99. The number of carbonyl (C=O) groups excluding carboxylic acids is 1. The number of fused-ring (bicyclic) bond motifs is 1. The molecule has 1 atom stereocenters. The highest BCUT2D eigenvalue weighted by atomic mass is 35.5. The molecule has 1 N–H and O–H groups in total. The van der Waals surface area contributed by atoms with E-state index in [2.05, 4.69) is 21.1 Å². The second kappa shape index (κ2) is 5.92. The Morgan fingerprint density at radius 3 is 2.96 bits per heavy atom. The topological polar surface area (TPSA) is 46.9 Å². The summed E-state index contributed by atoms with van der Waals surface area (Å²) in [5.74, 6) is 1.28. The van der Waals surface area contributed by atoms with Gasteiger partial charge in [-0.05, 0) is 43.9 Å². The van der Waals surface area contributed by atoms with E-state index < -0.39 is 5.41 Å². The Bertz CT molecular complexity index is 779.